The minimum Gasteiger partial charge on any atom is -0.743 e. The first-order valence-corrected chi connectivity index (χ1v) is 16.0. The van der Waals surface area contributed by atoms with E-state index in [1.54, 1.807) is 0 Å². The van der Waals surface area contributed by atoms with Crippen LogP contribution in [0.1, 0.15) is 48.9 Å². The number of benzene rings is 1. The maximum Gasteiger partial charge on any atom is 0.364 e. The molecule has 1 aliphatic heterocycles. The van der Waals surface area contributed by atoms with E-state index in [1.165, 1.54) is 0 Å². The van der Waals surface area contributed by atoms with Gasteiger partial charge in [0.05, 0.1) is 15.6 Å². The topological polar surface area (TPSA) is 119 Å². The molecule has 1 aromatic carbocycles. The highest BCUT2D eigenvalue weighted by molar-refractivity contribution is 14.1. The number of rotatable bonds is 6. The number of fused-ring (bicyclic) bond motifs is 1. The van der Waals surface area contributed by atoms with Crippen molar-refractivity contribution in [2.24, 2.45) is 23.2 Å². The summed E-state index contributed by atoms with van der Waals surface area (Å²) in [5.41, 5.74) is -0.590. The van der Waals surface area contributed by atoms with Gasteiger partial charge in [0.1, 0.15) is 5.56 Å². The Labute approximate surface area is 251 Å². The summed E-state index contributed by atoms with van der Waals surface area (Å²) in [4.78, 5) is 26.3. The molecule has 37 heavy (non-hydrogen) atoms. The van der Waals surface area contributed by atoms with Gasteiger partial charge in [0.15, 0.2) is 22.0 Å². The zero-order valence-electron chi connectivity index (χ0n) is 18.8. The Bertz CT molecular complexity index is 1270. The predicted molar refractivity (Wildman–Crippen MR) is 144 cm³/mol. The van der Waals surface area contributed by atoms with Gasteiger partial charge >= 0.3 is 17.2 Å². The van der Waals surface area contributed by atoms with Crippen molar-refractivity contribution in [2.75, 3.05) is 6.61 Å². The van der Waals surface area contributed by atoms with Gasteiger partial charge in [0.2, 0.25) is 0 Å². The van der Waals surface area contributed by atoms with Gasteiger partial charge in [-0.15, -0.1) is 0 Å². The fourth-order valence-electron chi connectivity index (χ4n) is 6.48. The number of halogens is 6. The summed E-state index contributed by atoms with van der Waals surface area (Å²) >= 11 is 6.34. The van der Waals surface area contributed by atoms with Gasteiger partial charge in [-0.1, -0.05) is 0 Å². The predicted octanol–water partition coefficient (Wildman–Crippen LogP) is 4.98. The highest BCUT2D eigenvalue weighted by Crippen LogP contribution is 2.66. The fourth-order valence-corrected chi connectivity index (χ4v) is 9.40. The van der Waals surface area contributed by atoms with E-state index in [4.69, 9.17) is 14.2 Å². The standard InChI is InChI=1S/C22H20F3I3O8S/c23-14(22(24,25)37(31,32)33)1-2-34-19(30)20-6-9-3-10(7-20)21(11(4-9)8-20)35-17-13(27)5-12(26)16(28)15(17)18(29)36-21/h5,9-11,14H,1-4,6-8H2,(H,31,32,33)/p-1. The third-order valence-corrected chi connectivity index (χ3v) is 12.6. The Morgan fingerprint density at radius 3 is 2.38 bits per heavy atom. The van der Waals surface area contributed by atoms with E-state index in [0.29, 0.717) is 30.6 Å². The molecule has 15 heteroatoms. The van der Waals surface area contributed by atoms with Crippen molar-refractivity contribution in [1.82, 2.24) is 0 Å². The van der Waals surface area contributed by atoms with E-state index < -0.39 is 57.7 Å². The molecule has 8 nitrogen and oxygen atoms in total. The largest absolute Gasteiger partial charge is 0.743 e. The first-order chi connectivity index (χ1) is 17.1. The lowest BCUT2D eigenvalue weighted by molar-refractivity contribution is -0.294. The smallest absolute Gasteiger partial charge is 0.364 e. The van der Waals surface area contributed by atoms with Gasteiger partial charge in [-0.25, -0.2) is 17.6 Å². The molecule has 3 unspecified atom stereocenters. The van der Waals surface area contributed by atoms with Gasteiger partial charge in [-0.05, 0) is 112 Å². The Balaban J connectivity index is 1.33. The molecular weight excluding hydrogens is 862 g/mol. The molecule has 0 amide bonds. The highest BCUT2D eigenvalue weighted by Gasteiger charge is 2.69. The van der Waals surface area contributed by atoms with E-state index in [-0.39, 0.29) is 30.6 Å². The van der Waals surface area contributed by atoms with Crippen molar-refractivity contribution < 1.29 is 49.9 Å². The molecule has 0 aromatic heterocycles. The first-order valence-electron chi connectivity index (χ1n) is 11.4. The van der Waals surface area contributed by atoms with Crippen molar-refractivity contribution in [3.8, 4) is 5.75 Å². The Kier molecular flexibility index (Phi) is 7.25. The summed E-state index contributed by atoms with van der Waals surface area (Å²) in [6, 6.07) is 1.92. The van der Waals surface area contributed by atoms with Crippen molar-refractivity contribution in [3.05, 3.63) is 22.3 Å². The van der Waals surface area contributed by atoms with Crippen LogP contribution in [-0.4, -0.2) is 48.7 Å². The van der Waals surface area contributed by atoms with Crippen LogP contribution >= 0.6 is 67.8 Å². The van der Waals surface area contributed by atoms with Crippen molar-refractivity contribution in [1.29, 1.82) is 0 Å². The normalized spacial score (nSPS) is 33.1. The molecule has 4 fully saturated rings. The van der Waals surface area contributed by atoms with E-state index in [0.717, 1.165) is 10.7 Å². The second kappa shape index (κ2) is 9.46. The average molecular weight is 881 g/mol. The SMILES string of the molecule is O=C1OC2(Oc3c(I)cc(I)c(I)c31)C1CC3CC2CC(C(=O)OCCC(F)C(F)(F)S(=O)(=O)[O-])(C3)C1. The van der Waals surface area contributed by atoms with Crippen molar-refractivity contribution in [3.63, 3.8) is 0 Å². The van der Waals surface area contributed by atoms with Crippen molar-refractivity contribution in [2.45, 2.75) is 55.7 Å². The van der Waals surface area contributed by atoms with Crippen LogP contribution in [0.3, 0.4) is 0 Å². The van der Waals surface area contributed by atoms with Crippen LogP contribution in [0, 0.1) is 33.9 Å². The van der Waals surface area contributed by atoms with Crippen LogP contribution in [0.5, 0.6) is 5.75 Å². The lowest BCUT2D eigenvalue weighted by atomic mass is 9.47. The van der Waals surface area contributed by atoms with Crippen LogP contribution in [0.2, 0.25) is 0 Å². The molecular formula is C22H19F3I3O8S-. The van der Waals surface area contributed by atoms with E-state index in [2.05, 4.69) is 67.8 Å². The number of carbonyl (C=O) groups excluding carboxylic acids is 2. The Hall–Kier alpha value is -0.150. The number of esters is 2. The van der Waals surface area contributed by atoms with Gasteiger partial charge < -0.3 is 18.8 Å². The fraction of sp³-hybridized carbons (Fsp3) is 0.636. The van der Waals surface area contributed by atoms with Crippen LogP contribution in [0.25, 0.3) is 0 Å². The summed E-state index contributed by atoms with van der Waals surface area (Å²) in [6.07, 6.45) is -2.03. The van der Waals surface area contributed by atoms with E-state index in [9.17, 15) is 35.7 Å². The molecule has 204 valence electrons. The minimum atomic E-state index is -6.19. The summed E-state index contributed by atoms with van der Waals surface area (Å²) < 4.78 is 92.5. The first kappa shape index (κ1) is 28.4. The van der Waals surface area contributed by atoms with E-state index in [1.807, 2.05) is 6.07 Å². The number of hydrogen-bond donors (Lipinski definition) is 0. The molecule has 0 radical (unpaired) electrons. The molecule has 0 saturated heterocycles. The quantitative estimate of drug-likeness (QED) is 0.170. The lowest BCUT2D eigenvalue weighted by Crippen LogP contribution is -2.67. The minimum absolute atomic E-state index is 0.138. The Morgan fingerprint density at radius 1 is 1.16 bits per heavy atom. The van der Waals surface area contributed by atoms with Gasteiger partial charge in [-0.2, -0.15) is 8.78 Å². The number of ether oxygens (including phenoxy) is 3. The molecule has 4 bridgehead atoms. The van der Waals surface area contributed by atoms with Gasteiger partial charge in [-0.3, -0.25) is 4.79 Å². The lowest BCUT2D eigenvalue weighted by Gasteiger charge is -2.62. The van der Waals surface area contributed by atoms with Gasteiger partial charge in [0.25, 0.3) is 5.79 Å². The summed E-state index contributed by atoms with van der Waals surface area (Å²) in [6.45, 7) is -0.799. The van der Waals surface area contributed by atoms with Crippen LogP contribution in [0.15, 0.2) is 6.07 Å². The molecule has 1 spiro atoms. The van der Waals surface area contributed by atoms with Gasteiger partial charge in [0, 0.05) is 25.4 Å². The second-order valence-electron chi connectivity index (χ2n) is 10.1. The molecule has 1 aromatic rings. The van der Waals surface area contributed by atoms with E-state index >= 15 is 0 Å². The molecule has 5 aliphatic rings. The molecule has 3 atom stereocenters. The average Bonchev–Trinajstić information content (AvgIpc) is 2.79. The van der Waals surface area contributed by atoms with Crippen LogP contribution < -0.4 is 4.74 Å². The maximum atomic E-state index is 13.8. The highest BCUT2D eigenvalue weighted by atomic mass is 127. The van der Waals surface area contributed by atoms with Crippen LogP contribution in [-0.2, 0) is 24.4 Å². The molecule has 4 saturated carbocycles. The summed E-state index contributed by atoms with van der Waals surface area (Å²) in [5, 5.41) is -5.11. The third kappa shape index (κ3) is 4.47. The Morgan fingerprint density at radius 2 is 1.78 bits per heavy atom. The number of carbonyl (C=O) groups is 2. The zero-order valence-corrected chi connectivity index (χ0v) is 26.1. The van der Waals surface area contributed by atoms with Crippen molar-refractivity contribution >= 4 is 89.8 Å². The molecule has 1 heterocycles. The second-order valence-corrected chi connectivity index (χ2v) is 15.0. The monoisotopic (exact) mass is 881 g/mol. The number of alkyl halides is 3. The summed E-state index contributed by atoms with van der Waals surface area (Å²) in [5.74, 6) is -2.40. The third-order valence-electron chi connectivity index (χ3n) is 7.91. The maximum absolute atomic E-state index is 13.8. The molecule has 6 rings (SSSR count). The summed E-state index contributed by atoms with van der Waals surface area (Å²) in [7, 11) is -6.19. The number of hydrogen-bond acceptors (Lipinski definition) is 8. The molecule has 4 aliphatic carbocycles. The molecule has 0 N–H and O–H groups in total. The van der Waals surface area contributed by atoms with Crippen LogP contribution in [0.4, 0.5) is 13.2 Å². The zero-order chi connectivity index (χ0) is 27.1.